The van der Waals surface area contributed by atoms with Gasteiger partial charge in [-0.1, -0.05) is 50.5 Å². The van der Waals surface area contributed by atoms with Crippen LogP contribution in [0.3, 0.4) is 0 Å². The van der Waals surface area contributed by atoms with Gasteiger partial charge in [0.2, 0.25) is 0 Å². The molecule has 0 aliphatic carbocycles. The largest absolute Gasteiger partial charge is 0.481 e. The maximum absolute atomic E-state index is 10.9. The van der Waals surface area contributed by atoms with Gasteiger partial charge in [-0.25, -0.2) is 0 Å². The molecule has 2 N–H and O–H groups in total. The van der Waals surface area contributed by atoms with Crippen molar-refractivity contribution in [2.45, 2.75) is 52.0 Å². The van der Waals surface area contributed by atoms with E-state index in [1.165, 1.54) is 31.2 Å². The van der Waals surface area contributed by atoms with E-state index in [9.17, 15) is 4.79 Å². The number of carbonyl (C=O) groups is 1. The second-order valence-corrected chi connectivity index (χ2v) is 5.04. The highest BCUT2D eigenvalue weighted by Crippen LogP contribution is 2.15. The molecule has 0 fully saturated rings. The Labute approximate surface area is 116 Å². The molecule has 0 saturated heterocycles. The first kappa shape index (κ1) is 15.7. The van der Waals surface area contributed by atoms with Crippen molar-refractivity contribution in [1.29, 1.82) is 0 Å². The van der Waals surface area contributed by atoms with Crippen molar-refractivity contribution in [2.24, 2.45) is 0 Å². The molecule has 0 aromatic heterocycles. The quantitative estimate of drug-likeness (QED) is 0.670. The van der Waals surface area contributed by atoms with Crippen LogP contribution >= 0.6 is 0 Å². The van der Waals surface area contributed by atoms with E-state index in [1.807, 2.05) is 24.3 Å². The summed E-state index contributed by atoms with van der Waals surface area (Å²) in [6, 6.07) is 7.83. The minimum atomic E-state index is -0.776. The van der Waals surface area contributed by atoms with Gasteiger partial charge in [-0.05, 0) is 31.0 Å². The van der Waals surface area contributed by atoms with Crippen LogP contribution in [0.1, 0.15) is 56.6 Å². The molecule has 0 aliphatic heterocycles. The van der Waals surface area contributed by atoms with E-state index in [2.05, 4.69) is 12.2 Å². The zero-order valence-corrected chi connectivity index (χ0v) is 12.0. The first-order chi connectivity index (χ1) is 9.15. The molecule has 1 unspecified atom stereocenters. The number of hydrogen-bond acceptors (Lipinski definition) is 2. The fourth-order valence-corrected chi connectivity index (χ4v) is 1.98. The van der Waals surface area contributed by atoms with Crippen LogP contribution in [0.2, 0.25) is 0 Å². The predicted octanol–water partition coefficient (Wildman–Crippen LogP) is 3.54. The van der Waals surface area contributed by atoms with E-state index in [0.29, 0.717) is 0 Å². The third-order valence-corrected chi connectivity index (χ3v) is 3.39. The molecule has 1 aromatic rings. The number of hydrogen-bond donors (Lipinski definition) is 2. The normalized spacial score (nSPS) is 12.3. The zero-order chi connectivity index (χ0) is 14.1. The standard InChI is InChI=1S/C16H25NO2/c1-3-4-5-6-11-17-12-14-7-9-15(10-8-14)13(2)16(18)19/h7-10,13,17H,3-6,11-12H2,1-2H3,(H,18,19). The molecule has 3 nitrogen and oxygen atoms in total. The lowest BCUT2D eigenvalue weighted by Gasteiger charge is -2.08. The molecule has 106 valence electrons. The van der Waals surface area contributed by atoms with Crippen LogP contribution in [-0.2, 0) is 11.3 Å². The van der Waals surface area contributed by atoms with Gasteiger partial charge in [0, 0.05) is 6.54 Å². The number of unbranched alkanes of at least 4 members (excludes halogenated alkanes) is 3. The van der Waals surface area contributed by atoms with Gasteiger partial charge < -0.3 is 10.4 Å². The van der Waals surface area contributed by atoms with Gasteiger partial charge >= 0.3 is 5.97 Å². The summed E-state index contributed by atoms with van der Waals surface area (Å²) < 4.78 is 0. The molecule has 0 saturated carbocycles. The summed E-state index contributed by atoms with van der Waals surface area (Å²) in [5.41, 5.74) is 2.07. The van der Waals surface area contributed by atoms with E-state index in [-0.39, 0.29) is 0 Å². The number of carboxylic acids is 1. The van der Waals surface area contributed by atoms with Crippen LogP contribution in [0.5, 0.6) is 0 Å². The lowest BCUT2D eigenvalue weighted by molar-refractivity contribution is -0.138. The van der Waals surface area contributed by atoms with E-state index in [4.69, 9.17) is 5.11 Å². The Hall–Kier alpha value is -1.35. The van der Waals surface area contributed by atoms with E-state index >= 15 is 0 Å². The van der Waals surface area contributed by atoms with Gasteiger partial charge in [-0.2, -0.15) is 0 Å². The Morgan fingerprint density at radius 1 is 1.21 bits per heavy atom. The highest BCUT2D eigenvalue weighted by Gasteiger charge is 2.12. The molecule has 0 bridgehead atoms. The number of rotatable bonds is 9. The first-order valence-corrected chi connectivity index (χ1v) is 7.17. The van der Waals surface area contributed by atoms with Crippen molar-refractivity contribution in [3.63, 3.8) is 0 Å². The van der Waals surface area contributed by atoms with E-state index in [0.717, 1.165) is 18.7 Å². The van der Waals surface area contributed by atoms with Crippen LogP contribution in [0.25, 0.3) is 0 Å². The Balaban J connectivity index is 2.30. The number of benzene rings is 1. The Kier molecular flexibility index (Phi) is 7.19. The predicted molar refractivity (Wildman–Crippen MR) is 78.3 cm³/mol. The lowest BCUT2D eigenvalue weighted by Crippen LogP contribution is -2.14. The molecule has 3 heteroatoms. The van der Waals surface area contributed by atoms with Crippen molar-refractivity contribution >= 4 is 5.97 Å². The molecule has 1 aromatic carbocycles. The van der Waals surface area contributed by atoms with Crippen LogP contribution in [0.4, 0.5) is 0 Å². The van der Waals surface area contributed by atoms with Gasteiger partial charge in [-0.15, -0.1) is 0 Å². The summed E-state index contributed by atoms with van der Waals surface area (Å²) in [5.74, 6) is -1.21. The molecular formula is C16H25NO2. The summed E-state index contributed by atoms with van der Waals surface area (Å²) in [4.78, 5) is 10.9. The van der Waals surface area contributed by atoms with Crippen molar-refractivity contribution in [2.75, 3.05) is 6.54 Å². The molecule has 0 spiro atoms. The maximum Gasteiger partial charge on any atom is 0.310 e. The summed E-state index contributed by atoms with van der Waals surface area (Å²) in [6.07, 6.45) is 5.09. The Bertz CT molecular complexity index is 373. The molecule has 0 amide bonds. The highest BCUT2D eigenvalue weighted by atomic mass is 16.4. The first-order valence-electron chi connectivity index (χ1n) is 7.17. The van der Waals surface area contributed by atoms with Crippen LogP contribution in [0, 0.1) is 0 Å². The molecule has 1 atom stereocenters. The molecule has 1 rings (SSSR count). The maximum atomic E-state index is 10.9. The lowest BCUT2D eigenvalue weighted by atomic mass is 10.00. The Morgan fingerprint density at radius 3 is 2.47 bits per heavy atom. The van der Waals surface area contributed by atoms with Crippen molar-refractivity contribution in [1.82, 2.24) is 5.32 Å². The molecule has 19 heavy (non-hydrogen) atoms. The molecule has 0 heterocycles. The summed E-state index contributed by atoms with van der Waals surface area (Å²) >= 11 is 0. The topological polar surface area (TPSA) is 49.3 Å². The van der Waals surface area contributed by atoms with Crippen molar-refractivity contribution in [3.05, 3.63) is 35.4 Å². The molecule has 0 radical (unpaired) electrons. The van der Waals surface area contributed by atoms with Gasteiger partial charge in [0.15, 0.2) is 0 Å². The van der Waals surface area contributed by atoms with E-state index < -0.39 is 11.9 Å². The minimum absolute atomic E-state index is 0.434. The number of aliphatic carboxylic acids is 1. The van der Waals surface area contributed by atoms with Crippen LogP contribution in [-0.4, -0.2) is 17.6 Å². The third-order valence-electron chi connectivity index (χ3n) is 3.39. The summed E-state index contributed by atoms with van der Waals surface area (Å²) in [7, 11) is 0. The van der Waals surface area contributed by atoms with Crippen LogP contribution < -0.4 is 5.32 Å². The fraction of sp³-hybridized carbons (Fsp3) is 0.562. The van der Waals surface area contributed by atoms with Crippen LogP contribution in [0.15, 0.2) is 24.3 Å². The summed E-state index contributed by atoms with van der Waals surface area (Å²) in [5, 5.41) is 12.4. The van der Waals surface area contributed by atoms with Crippen molar-refractivity contribution < 1.29 is 9.90 Å². The van der Waals surface area contributed by atoms with Gasteiger partial charge in [0.1, 0.15) is 0 Å². The number of nitrogens with one attached hydrogen (secondary N) is 1. The smallest absolute Gasteiger partial charge is 0.310 e. The third kappa shape index (κ3) is 5.88. The average Bonchev–Trinajstić information content (AvgIpc) is 2.42. The second-order valence-electron chi connectivity index (χ2n) is 5.04. The van der Waals surface area contributed by atoms with Gasteiger partial charge in [0.25, 0.3) is 0 Å². The number of carboxylic acid groups (broad SMARTS) is 1. The van der Waals surface area contributed by atoms with Crippen molar-refractivity contribution in [3.8, 4) is 0 Å². The molecular weight excluding hydrogens is 238 g/mol. The average molecular weight is 263 g/mol. The highest BCUT2D eigenvalue weighted by molar-refractivity contribution is 5.75. The SMILES string of the molecule is CCCCCCNCc1ccc(C(C)C(=O)O)cc1. The summed E-state index contributed by atoms with van der Waals surface area (Å²) in [6.45, 7) is 5.83. The zero-order valence-electron chi connectivity index (χ0n) is 12.0. The fourth-order valence-electron chi connectivity index (χ4n) is 1.98. The monoisotopic (exact) mass is 263 g/mol. The second kappa shape index (κ2) is 8.70. The Morgan fingerprint density at radius 2 is 1.89 bits per heavy atom. The van der Waals surface area contributed by atoms with Gasteiger partial charge in [0.05, 0.1) is 5.92 Å². The van der Waals surface area contributed by atoms with Gasteiger partial charge in [-0.3, -0.25) is 4.79 Å². The minimum Gasteiger partial charge on any atom is -0.481 e. The molecule has 0 aliphatic rings. The van der Waals surface area contributed by atoms with E-state index in [1.54, 1.807) is 6.92 Å².